The number of fused-ring (bicyclic) bond motifs is 12. The van der Waals surface area contributed by atoms with Gasteiger partial charge in [-0.05, 0) is 94.9 Å². The molecule has 0 unspecified atom stereocenters. The number of rotatable bonds is 2. The van der Waals surface area contributed by atoms with E-state index in [4.69, 9.17) is 0 Å². The van der Waals surface area contributed by atoms with Gasteiger partial charge in [-0.2, -0.15) is 0 Å². The molecule has 7 aromatic carbocycles. The number of hydrogen-bond donors (Lipinski definition) is 0. The monoisotopic (exact) mass is 586 g/mol. The zero-order valence-corrected chi connectivity index (χ0v) is 25.5. The number of anilines is 3. The van der Waals surface area contributed by atoms with E-state index in [-0.39, 0.29) is 0 Å². The van der Waals surface area contributed by atoms with Gasteiger partial charge in [0.25, 0.3) is 0 Å². The van der Waals surface area contributed by atoms with Crippen molar-refractivity contribution in [2.45, 2.75) is 12.3 Å². The predicted octanol–water partition coefficient (Wildman–Crippen LogP) is 11.2. The van der Waals surface area contributed by atoms with Crippen molar-refractivity contribution in [2.75, 3.05) is 4.90 Å². The summed E-state index contributed by atoms with van der Waals surface area (Å²) in [7, 11) is 0. The van der Waals surface area contributed by atoms with E-state index >= 15 is 0 Å². The third-order valence-electron chi connectivity index (χ3n) is 10.2. The predicted molar refractivity (Wildman–Crippen MR) is 191 cm³/mol. The Morgan fingerprint density at radius 3 is 1.80 bits per heavy atom. The van der Waals surface area contributed by atoms with E-state index in [0.717, 1.165) is 5.69 Å². The number of para-hydroxylation sites is 4. The molecule has 0 saturated heterocycles. The normalized spacial score (nSPS) is 13.9. The standard InChI is InChI=1S/C44H30N2/c1-29-23-26-41-35(27-29)34-16-6-10-20-40(34)46(41)31-24-25-33-32-15-5-7-17-36(32)44(39(33)28-31)37-18-8-11-21-42(37)45(30-13-3-2-4-14-30)43-22-12-9-19-38(43)44/h2-28H,1H3. The summed E-state index contributed by atoms with van der Waals surface area (Å²) in [4.78, 5) is 2.44. The van der Waals surface area contributed by atoms with Crippen molar-refractivity contribution in [1.82, 2.24) is 4.57 Å². The van der Waals surface area contributed by atoms with Crippen molar-refractivity contribution in [3.05, 3.63) is 192 Å². The number of benzene rings is 7. The summed E-state index contributed by atoms with van der Waals surface area (Å²) in [6.45, 7) is 2.18. The lowest BCUT2D eigenvalue weighted by Gasteiger charge is -2.45. The summed E-state index contributed by atoms with van der Waals surface area (Å²) in [5, 5.41) is 2.58. The Bertz CT molecular complexity index is 2450. The molecule has 0 amide bonds. The maximum atomic E-state index is 2.48. The summed E-state index contributed by atoms with van der Waals surface area (Å²) >= 11 is 0. The molecule has 1 aliphatic heterocycles. The fraction of sp³-hybridized carbons (Fsp3) is 0.0455. The van der Waals surface area contributed by atoms with Crippen LogP contribution in [0.25, 0.3) is 38.6 Å². The zero-order chi connectivity index (χ0) is 30.4. The van der Waals surface area contributed by atoms with E-state index in [1.807, 2.05) is 0 Å². The van der Waals surface area contributed by atoms with E-state index in [1.54, 1.807) is 0 Å². The first kappa shape index (κ1) is 25.5. The molecule has 216 valence electrons. The molecule has 0 saturated carbocycles. The van der Waals surface area contributed by atoms with E-state index in [1.165, 1.54) is 77.8 Å². The second-order valence-corrected chi connectivity index (χ2v) is 12.6. The Morgan fingerprint density at radius 1 is 0.413 bits per heavy atom. The first-order valence-corrected chi connectivity index (χ1v) is 16.0. The molecule has 0 bridgehead atoms. The van der Waals surface area contributed by atoms with Crippen LogP contribution < -0.4 is 4.90 Å². The molecule has 8 aromatic rings. The third-order valence-corrected chi connectivity index (χ3v) is 10.2. The Morgan fingerprint density at radius 2 is 1.02 bits per heavy atom. The molecule has 2 nitrogen and oxygen atoms in total. The van der Waals surface area contributed by atoms with Gasteiger partial charge in [0.2, 0.25) is 0 Å². The summed E-state index contributed by atoms with van der Waals surface area (Å²) in [5.74, 6) is 0. The zero-order valence-electron chi connectivity index (χ0n) is 25.5. The maximum absolute atomic E-state index is 2.48. The minimum absolute atomic E-state index is 0.476. The lowest BCUT2D eigenvalue weighted by atomic mass is 9.64. The van der Waals surface area contributed by atoms with Crippen molar-refractivity contribution in [1.29, 1.82) is 0 Å². The van der Waals surface area contributed by atoms with Gasteiger partial charge in [0, 0.05) is 22.1 Å². The van der Waals surface area contributed by atoms with Gasteiger partial charge in [-0.15, -0.1) is 0 Å². The summed E-state index contributed by atoms with van der Waals surface area (Å²) in [5.41, 5.74) is 15.9. The van der Waals surface area contributed by atoms with Crippen LogP contribution in [0.5, 0.6) is 0 Å². The summed E-state index contributed by atoms with van der Waals surface area (Å²) in [6.07, 6.45) is 0. The topological polar surface area (TPSA) is 8.17 Å². The van der Waals surface area contributed by atoms with Gasteiger partial charge in [0.1, 0.15) is 0 Å². The number of aromatic nitrogens is 1. The molecule has 1 aromatic heterocycles. The highest BCUT2D eigenvalue weighted by Crippen LogP contribution is 2.63. The van der Waals surface area contributed by atoms with Crippen molar-refractivity contribution in [3.63, 3.8) is 0 Å². The maximum Gasteiger partial charge on any atom is 0.0755 e. The molecule has 46 heavy (non-hydrogen) atoms. The Kier molecular flexibility index (Phi) is 5.16. The SMILES string of the molecule is Cc1ccc2c(c1)c1ccccc1n2-c1ccc2c(c1)C1(c3ccccc3-2)c2ccccc2N(c2ccccc2)c2ccccc21. The lowest BCUT2D eigenvalue weighted by molar-refractivity contribution is 0.752. The van der Waals surface area contributed by atoms with Crippen LogP contribution in [0.1, 0.15) is 27.8 Å². The fourth-order valence-electron chi connectivity index (χ4n) is 8.45. The fourth-order valence-corrected chi connectivity index (χ4v) is 8.45. The van der Waals surface area contributed by atoms with Crippen LogP contribution in [-0.2, 0) is 5.41 Å². The minimum Gasteiger partial charge on any atom is -0.310 e. The molecule has 0 N–H and O–H groups in total. The average Bonchev–Trinajstić information content (AvgIpc) is 3.59. The van der Waals surface area contributed by atoms with Crippen molar-refractivity contribution >= 4 is 38.9 Å². The molecule has 1 spiro atoms. The van der Waals surface area contributed by atoms with Crippen LogP contribution >= 0.6 is 0 Å². The van der Waals surface area contributed by atoms with E-state index in [2.05, 4.69) is 180 Å². The quantitative estimate of drug-likeness (QED) is 0.196. The highest BCUT2D eigenvalue weighted by Gasteiger charge is 2.51. The molecule has 10 rings (SSSR count). The molecule has 2 heterocycles. The van der Waals surface area contributed by atoms with Crippen LogP contribution in [0.15, 0.2) is 164 Å². The number of aryl methyl sites for hydroxylation is 1. The largest absolute Gasteiger partial charge is 0.310 e. The van der Waals surface area contributed by atoms with Crippen LogP contribution in [0.4, 0.5) is 17.1 Å². The summed E-state index contributed by atoms with van der Waals surface area (Å²) < 4.78 is 2.46. The van der Waals surface area contributed by atoms with Gasteiger partial charge in [-0.1, -0.05) is 115 Å². The number of hydrogen-bond acceptors (Lipinski definition) is 1. The first-order chi connectivity index (χ1) is 22.7. The second-order valence-electron chi connectivity index (χ2n) is 12.6. The van der Waals surface area contributed by atoms with Gasteiger partial charge >= 0.3 is 0 Å². The van der Waals surface area contributed by atoms with Gasteiger partial charge in [0.15, 0.2) is 0 Å². The van der Waals surface area contributed by atoms with Crippen LogP contribution in [0, 0.1) is 6.92 Å². The van der Waals surface area contributed by atoms with Crippen molar-refractivity contribution in [3.8, 4) is 16.8 Å². The molecule has 1 aliphatic carbocycles. The molecule has 0 radical (unpaired) electrons. The van der Waals surface area contributed by atoms with E-state index < -0.39 is 5.41 Å². The lowest BCUT2D eigenvalue weighted by Crippen LogP contribution is -2.36. The molecular weight excluding hydrogens is 556 g/mol. The first-order valence-electron chi connectivity index (χ1n) is 16.0. The molecule has 2 heteroatoms. The van der Waals surface area contributed by atoms with Gasteiger partial charge in [0.05, 0.1) is 27.8 Å². The molecule has 2 aliphatic rings. The molecule has 0 atom stereocenters. The Labute approximate surface area is 268 Å². The van der Waals surface area contributed by atoms with E-state index in [9.17, 15) is 0 Å². The summed E-state index contributed by atoms with van der Waals surface area (Å²) in [6, 6.07) is 60.7. The molecular formula is C44H30N2. The smallest absolute Gasteiger partial charge is 0.0755 e. The Hall–Kier alpha value is -5.86. The van der Waals surface area contributed by atoms with Crippen molar-refractivity contribution < 1.29 is 0 Å². The third kappa shape index (κ3) is 3.20. The van der Waals surface area contributed by atoms with Crippen LogP contribution in [0.2, 0.25) is 0 Å². The van der Waals surface area contributed by atoms with Crippen LogP contribution in [-0.4, -0.2) is 4.57 Å². The van der Waals surface area contributed by atoms with E-state index in [0.29, 0.717) is 0 Å². The van der Waals surface area contributed by atoms with Gasteiger partial charge in [-0.3, -0.25) is 0 Å². The minimum atomic E-state index is -0.476. The highest BCUT2D eigenvalue weighted by atomic mass is 15.2. The second kappa shape index (κ2) is 9.32. The van der Waals surface area contributed by atoms with Gasteiger partial charge < -0.3 is 9.47 Å². The van der Waals surface area contributed by atoms with Gasteiger partial charge in [-0.25, -0.2) is 0 Å². The average molecular weight is 587 g/mol. The number of nitrogens with zero attached hydrogens (tertiary/aromatic N) is 2. The molecule has 0 fully saturated rings. The van der Waals surface area contributed by atoms with Crippen molar-refractivity contribution in [2.24, 2.45) is 0 Å². The highest BCUT2D eigenvalue weighted by molar-refractivity contribution is 6.09. The van der Waals surface area contributed by atoms with Crippen LogP contribution in [0.3, 0.4) is 0 Å². The Balaban J connectivity index is 1.33.